The number of hydrogen-bond acceptors (Lipinski definition) is 5. The Morgan fingerprint density at radius 1 is 1.37 bits per heavy atom. The number of likely N-dealkylation sites (N-methyl/N-ethyl adjacent to an activating group) is 1. The molecule has 1 heterocycles. The minimum absolute atomic E-state index is 0.0281. The molecule has 1 aromatic heterocycles. The fourth-order valence-electron chi connectivity index (χ4n) is 1.94. The molecule has 0 unspecified atom stereocenters. The molecular weight excluding hydrogens is 242 g/mol. The quantitative estimate of drug-likeness (QED) is 0.544. The number of nitrogens with two attached hydrogens (primary N) is 1. The SMILES string of the molecule is CCN(CC(C)(C)O)c1nnc(C)c(C)c1C(=N)N. The Bertz CT molecular complexity index is 479. The van der Waals surface area contributed by atoms with Gasteiger partial charge in [-0.25, -0.2) is 0 Å². The van der Waals surface area contributed by atoms with E-state index in [2.05, 4.69) is 10.2 Å². The number of anilines is 1. The monoisotopic (exact) mass is 265 g/mol. The number of rotatable bonds is 5. The van der Waals surface area contributed by atoms with E-state index in [1.807, 2.05) is 25.7 Å². The van der Waals surface area contributed by atoms with Crippen molar-refractivity contribution < 1.29 is 5.11 Å². The fourth-order valence-corrected chi connectivity index (χ4v) is 1.94. The van der Waals surface area contributed by atoms with Gasteiger partial charge < -0.3 is 15.7 Å². The van der Waals surface area contributed by atoms with Gasteiger partial charge in [-0.1, -0.05) is 0 Å². The summed E-state index contributed by atoms with van der Waals surface area (Å²) in [6.07, 6.45) is 0. The molecule has 0 amide bonds. The highest BCUT2D eigenvalue weighted by atomic mass is 16.3. The summed E-state index contributed by atoms with van der Waals surface area (Å²) in [7, 11) is 0. The van der Waals surface area contributed by atoms with E-state index in [9.17, 15) is 5.11 Å². The first-order valence-corrected chi connectivity index (χ1v) is 6.33. The van der Waals surface area contributed by atoms with Crippen LogP contribution in [0, 0.1) is 19.3 Å². The van der Waals surface area contributed by atoms with Gasteiger partial charge in [0, 0.05) is 13.1 Å². The summed E-state index contributed by atoms with van der Waals surface area (Å²) >= 11 is 0. The van der Waals surface area contributed by atoms with E-state index in [-0.39, 0.29) is 5.84 Å². The summed E-state index contributed by atoms with van der Waals surface area (Å²) in [4.78, 5) is 1.89. The molecule has 0 saturated carbocycles. The normalized spacial score (nSPS) is 11.5. The lowest BCUT2D eigenvalue weighted by atomic mass is 10.1. The standard InChI is InChI=1S/C13H23N5O/c1-6-18(7-13(4,5)19)12-10(11(14)15)8(2)9(3)16-17-12/h19H,6-7H2,1-5H3,(H3,14,15). The van der Waals surface area contributed by atoms with Crippen molar-refractivity contribution in [2.75, 3.05) is 18.0 Å². The van der Waals surface area contributed by atoms with Crippen molar-refractivity contribution >= 4 is 11.7 Å². The molecule has 6 nitrogen and oxygen atoms in total. The van der Waals surface area contributed by atoms with E-state index in [0.717, 1.165) is 11.3 Å². The average molecular weight is 265 g/mol. The molecule has 0 aromatic carbocycles. The van der Waals surface area contributed by atoms with Gasteiger partial charge in [-0.2, -0.15) is 5.10 Å². The smallest absolute Gasteiger partial charge is 0.162 e. The van der Waals surface area contributed by atoms with E-state index in [1.165, 1.54) is 0 Å². The first-order valence-electron chi connectivity index (χ1n) is 6.33. The fraction of sp³-hybridized carbons (Fsp3) is 0.615. The van der Waals surface area contributed by atoms with Gasteiger partial charge >= 0.3 is 0 Å². The molecule has 0 aliphatic carbocycles. The summed E-state index contributed by atoms with van der Waals surface area (Å²) in [6, 6.07) is 0. The van der Waals surface area contributed by atoms with E-state index in [1.54, 1.807) is 13.8 Å². The van der Waals surface area contributed by atoms with E-state index < -0.39 is 5.60 Å². The molecule has 0 atom stereocenters. The molecule has 19 heavy (non-hydrogen) atoms. The molecule has 106 valence electrons. The third-order valence-corrected chi connectivity index (χ3v) is 2.96. The number of nitrogens with zero attached hydrogens (tertiary/aromatic N) is 3. The highest BCUT2D eigenvalue weighted by Crippen LogP contribution is 2.23. The van der Waals surface area contributed by atoms with Gasteiger partial charge in [-0.05, 0) is 40.2 Å². The average Bonchev–Trinajstić information content (AvgIpc) is 2.27. The maximum absolute atomic E-state index is 9.96. The van der Waals surface area contributed by atoms with Crippen molar-refractivity contribution in [3.05, 3.63) is 16.8 Å². The van der Waals surface area contributed by atoms with Gasteiger partial charge in [-0.15, -0.1) is 5.10 Å². The topological polar surface area (TPSA) is 99.1 Å². The summed E-state index contributed by atoms with van der Waals surface area (Å²) < 4.78 is 0. The number of amidine groups is 1. The maximum atomic E-state index is 9.96. The van der Waals surface area contributed by atoms with Crippen LogP contribution in [0.25, 0.3) is 0 Å². The van der Waals surface area contributed by atoms with Gasteiger partial charge in [0.05, 0.1) is 16.9 Å². The minimum atomic E-state index is -0.857. The van der Waals surface area contributed by atoms with E-state index >= 15 is 0 Å². The number of nitrogen functional groups attached to an aromatic ring is 1. The van der Waals surface area contributed by atoms with Crippen molar-refractivity contribution in [1.82, 2.24) is 10.2 Å². The Hall–Kier alpha value is -1.69. The van der Waals surface area contributed by atoms with Crippen LogP contribution in [0.5, 0.6) is 0 Å². The van der Waals surface area contributed by atoms with E-state index in [0.29, 0.717) is 24.5 Å². The zero-order valence-corrected chi connectivity index (χ0v) is 12.3. The zero-order chi connectivity index (χ0) is 14.8. The highest BCUT2D eigenvalue weighted by Gasteiger charge is 2.23. The van der Waals surface area contributed by atoms with Gasteiger partial charge in [0.15, 0.2) is 5.82 Å². The number of nitrogens with one attached hydrogen (secondary N) is 1. The van der Waals surface area contributed by atoms with Crippen LogP contribution in [0.4, 0.5) is 5.82 Å². The molecule has 4 N–H and O–H groups in total. The molecule has 0 saturated heterocycles. The van der Waals surface area contributed by atoms with Crippen LogP contribution < -0.4 is 10.6 Å². The number of aromatic nitrogens is 2. The lowest BCUT2D eigenvalue weighted by molar-refractivity contribution is 0.0873. The molecule has 1 aromatic rings. The van der Waals surface area contributed by atoms with Gasteiger partial charge in [0.25, 0.3) is 0 Å². The second kappa shape index (κ2) is 5.52. The summed E-state index contributed by atoms with van der Waals surface area (Å²) in [5.74, 6) is 0.528. The Morgan fingerprint density at radius 3 is 2.37 bits per heavy atom. The second-order valence-electron chi connectivity index (χ2n) is 5.35. The third-order valence-electron chi connectivity index (χ3n) is 2.96. The number of hydrogen-bond donors (Lipinski definition) is 3. The molecule has 0 aliphatic rings. The largest absolute Gasteiger partial charge is 0.389 e. The Morgan fingerprint density at radius 2 is 1.95 bits per heavy atom. The summed E-state index contributed by atoms with van der Waals surface area (Å²) in [5, 5.41) is 25.9. The van der Waals surface area contributed by atoms with Crippen molar-refractivity contribution in [3.8, 4) is 0 Å². The summed E-state index contributed by atoms with van der Waals surface area (Å²) in [5.41, 5.74) is 7.02. The molecular formula is C13H23N5O. The molecule has 0 bridgehead atoms. The van der Waals surface area contributed by atoms with Crippen LogP contribution in [0.15, 0.2) is 0 Å². The minimum Gasteiger partial charge on any atom is -0.389 e. The van der Waals surface area contributed by atoms with Crippen LogP contribution in [-0.4, -0.2) is 39.8 Å². The predicted molar refractivity (Wildman–Crippen MR) is 76.7 cm³/mol. The van der Waals surface area contributed by atoms with Crippen molar-refractivity contribution in [3.63, 3.8) is 0 Å². The Balaban J connectivity index is 3.32. The van der Waals surface area contributed by atoms with Crippen molar-refractivity contribution in [2.24, 2.45) is 5.73 Å². The first kappa shape index (κ1) is 15.4. The van der Waals surface area contributed by atoms with Crippen molar-refractivity contribution in [1.29, 1.82) is 5.41 Å². The Kier molecular flexibility index (Phi) is 4.47. The molecule has 1 rings (SSSR count). The molecule has 0 spiro atoms. The highest BCUT2D eigenvalue weighted by molar-refractivity contribution is 6.01. The Labute approximate surface area is 114 Å². The first-order chi connectivity index (χ1) is 8.67. The molecule has 0 fully saturated rings. The maximum Gasteiger partial charge on any atom is 0.162 e. The van der Waals surface area contributed by atoms with Gasteiger partial charge in [0.2, 0.25) is 0 Å². The van der Waals surface area contributed by atoms with E-state index in [4.69, 9.17) is 11.1 Å². The van der Waals surface area contributed by atoms with Crippen molar-refractivity contribution in [2.45, 2.75) is 40.2 Å². The zero-order valence-electron chi connectivity index (χ0n) is 12.3. The number of aliphatic hydroxyl groups is 1. The number of aryl methyl sites for hydroxylation is 1. The summed E-state index contributed by atoms with van der Waals surface area (Å²) in [6.45, 7) is 10.2. The van der Waals surface area contributed by atoms with Crippen LogP contribution >= 0.6 is 0 Å². The van der Waals surface area contributed by atoms with Gasteiger partial charge in [-0.3, -0.25) is 5.41 Å². The van der Waals surface area contributed by atoms with Crippen LogP contribution in [-0.2, 0) is 0 Å². The van der Waals surface area contributed by atoms with Crippen LogP contribution in [0.2, 0.25) is 0 Å². The predicted octanol–water partition coefficient (Wildman–Crippen LogP) is 0.975. The molecule has 0 aliphatic heterocycles. The third kappa shape index (κ3) is 3.64. The van der Waals surface area contributed by atoms with Crippen LogP contribution in [0.3, 0.4) is 0 Å². The second-order valence-corrected chi connectivity index (χ2v) is 5.35. The lowest BCUT2D eigenvalue weighted by Gasteiger charge is -2.30. The lowest BCUT2D eigenvalue weighted by Crippen LogP contribution is -2.40. The van der Waals surface area contributed by atoms with Crippen LogP contribution in [0.1, 0.15) is 37.6 Å². The van der Waals surface area contributed by atoms with Gasteiger partial charge in [0.1, 0.15) is 5.84 Å². The molecule has 0 radical (unpaired) electrons. The molecule has 6 heteroatoms.